The third kappa shape index (κ3) is 3.85. The van der Waals surface area contributed by atoms with E-state index in [0.717, 1.165) is 45.0 Å². The highest BCUT2D eigenvalue weighted by molar-refractivity contribution is 5.49. The van der Waals surface area contributed by atoms with Gasteiger partial charge in [0, 0.05) is 38.4 Å². The van der Waals surface area contributed by atoms with E-state index in [4.69, 9.17) is 10.5 Å². The van der Waals surface area contributed by atoms with E-state index < -0.39 is 0 Å². The Morgan fingerprint density at radius 1 is 1.16 bits per heavy atom. The summed E-state index contributed by atoms with van der Waals surface area (Å²) in [5.74, 6) is 1.51. The van der Waals surface area contributed by atoms with Crippen LogP contribution in [-0.4, -0.2) is 51.3 Å². The molecule has 0 radical (unpaired) electrons. The van der Waals surface area contributed by atoms with Crippen molar-refractivity contribution in [1.29, 1.82) is 0 Å². The summed E-state index contributed by atoms with van der Waals surface area (Å²) in [7, 11) is 1.70. The second kappa shape index (κ2) is 6.78. The van der Waals surface area contributed by atoms with Gasteiger partial charge < -0.3 is 15.4 Å². The first kappa shape index (κ1) is 14.2. The number of benzene rings is 1. The second-order valence-corrected chi connectivity index (χ2v) is 5.33. The van der Waals surface area contributed by atoms with Crippen LogP contribution in [-0.2, 0) is 0 Å². The van der Waals surface area contributed by atoms with Gasteiger partial charge in [0.25, 0.3) is 0 Å². The number of ether oxygens (including phenoxy) is 1. The Morgan fingerprint density at radius 3 is 2.32 bits per heavy atom. The zero-order valence-electron chi connectivity index (χ0n) is 12.0. The van der Waals surface area contributed by atoms with Crippen molar-refractivity contribution in [2.75, 3.05) is 51.3 Å². The van der Waals surface area contributed by atoms with Gasteiger partial charge in [-0.05, 0) is 36.7 Å². The first-order valence-corrected chi connectivity index (χ1v) is 7.04. The highest BCUT2D eigenvalue weighted by atomic mass is 16.5. The molecule has 0 aliphatic carbocycles. The quantitative estimate of drug-likeness (QED) is 0.872. The minimum Gasteiger partial charge on any atom is -0.497 e. The molecule has 106 valence electrons. The number of hydrogen-bond acceptors (Lipinski definition) is 4. The van der Waals surface area contributed by atoms with Crippen molar-refractivity contribution in [3.63, 3.8) is 0 Å². The largest absolute Gasteiger partial charge is 0.497 e. The van der Waals surface area contributed by atoms with Crippen molar-refractivity contribution in [2.45, 2.75) is 6.92 Å². The van der Waals surface area contributed by atoms with Crippen LogP contribution < -0.4 is 15.4 Å². The van der Waals surface area contributed by atoms with Crippen molar-refractivity contribution in [3.05, 3.63) is 24.3 Å². The van der Waals surface area contributed by atoms with E-state index in [1.165, 1.54) is 5.69 Å². The summed E-state index contributed by atoms with van der Waals surface area (Å²) in [5, 5.41) is 0. The Balaban J connectivity index is 1.85. The molecule has 0 bridgehead atoms. The Hall–Kier alpha value is -1.26. The number of hydrogen-bond donors (Lipinski definition) is 1. The Kier molecular flexibility index (Phi) is 5.05. The van der Waals surface area contributed by atoms with Gasteiger partial charge in [-0.3, -0.25) is 4.90 Å². The first-order chi connectivity index (χ1) is 9.22. The molecule has 4 heteroatoms. The number of rotatable bonds is 5. The predicted octanol–water partition coefficient (Wildman–Crippen LogP) is 1.41. The van der Waals surface area contributed by atoms with E-state index >= 15 is 0 Å². The molecular formula is C15H25N3O. The molecule has 1 fully saturated rings. The van der Waals surface area contributed by atoms with Crippen molar-refractivity contribution in [2.24, 2.45) is 11.7 Å². The fourth-order valence-corrected chi connectivity index (χ4v) is 2.50. The van der Waals surface area contributed by atoms with Crippen molar-refractivity contribution in [1.82, 2.24) is 4.90 Å². The van der Waals surface area contributed by atoms with Crippen LogP contribution in [0.4, 0.5) is 5.69 Å². The number of nitrogens with zero attached hydrogens (tertiary/aromatic N) is 2. The normalized spacial score (nSPS) is 18.4. The summed E-state index contributed by atoms with van der Waals surface area (Å²) in [6, 6.07) is 8.32. The maximum atomic E-state index is 5.69. The number of anilines is 1. The zero-order valence-corrected chi connectivity index (χ0v) is 12.0. The molecule has 0 saturated carbocycles. The summed E-state index contributed by atoms with van der Waals surface area (Å²) >= 11 is 0. The SMILES string of the molecule is COc1ccc(N2CCN(CC(C)CN)CC2)cc1. The van der Waals surface area contributed by atoms with E-state index in [2.05, 4.69) is 28.9 Å². The van der Waals surface area contributed by atoms with Crippen LogP contribution in [0.25, 0.3) is 0 Å². The van der Waals surface area contributed by atoms with Crippen LogP contribution in [0.15, 0.2) is 24.3 Å². The van der Waals surface area contributed by atoms with Crippen LogP contribution in [0.1, 0.15) is 6.92 Å². The molecular weight excluding hydrogens is 238 g/mol. The Morgan fingerprint density at radius 2 is 1.79 bits per heavy atom. The average Bonchev–Trinajstić information content (AvgIpc) is 2.48. The van der Waals surface area contributed by atoms with Crippen molar-refractivity contribution in [3.8, 4) is 5.75 Å². The summed E-state index contributed by atoms with van der Waals surface area (Å²) in [4.78, 5) is 4.95. The first-order valence-electron chi connectivity index (χ1n) is 7.04. The van der Waals surface area contributed by atoms with Crippen molar-refractivity contribution >= 4 is 5.69 Å². The summed E-state index contributed by atoms with van der Waals surface area (Å²) in [6.45, 7) is 8.53. The van der Waals surface area contributed by atoms with Crippen molar-refractivity contribution < 1.29 is 4.74 Å². The fourth-order valence-electron chi connectivity index (χ4n) is 2.50. The van der Waals surface area contributed by atoms with Gasteiger partial charge in [-0.25, -0.2) is 0 Å². The molecule has 19 heavy (non-hydrogen) atoms. The third-order valence-electron chi connectivity index (χ3n) is 3.78. The Labute approximate surface area is 116 Å². The molecule has 0 amide bonds. The number of nitrogens with two attached hydrogens (primary N) is 1. The molecule has 4 nitrogen and oxygen atoms in total. The van der Waals surface area contributed by atoms with E-state index in [1.807, 2.05) is 12.1 Å². The summed E-state index contributed by atoms with van der Waals surface area (Å²) in [6.07, 6.45) is 0. The average molecular weight is 263 g/mol. The molecule has 1 aliphatic rings. The minimum atomic E-state index is 0.590. The Bertz CT molecular complexity index is 371. The number of methoxy groups -OCH3 is 1. The minimum absolute atomic E-state index is 0.590. The lowest BCUT2D eigenvalue weighted by molar-refractivity contribution is 0.227. The molecule has 0 aromatic heterocycles. The molecule has 2 N–H and O–H groups in total. The molecule has 1 saturated heterocycles. The van der Waals surface area contributed by atoms with Gasteiger partial charge in [-0.15, -0.1) is 0 Å². The molecule has 2 rings (SSSR count). The topological polar surface area (TPSA) is 41.7 Å². The molecule has 1 aromatic rings. The molecule has 1 atom stereocenters. The lowest BCUT2D eigenvalue weighted by atomic mass is 10.1. The number of piperazine rings is 1. The van der Waals surface area contributed by atoms with Gasteiger partial charge in [0.2, 0.25) is 0 Å². The van der Waals surface area contributed by atoms with Crippen LogP contribution >= 0.6 is 0 Å². The van der Waals surface area contributed by atoms with Gasteiger partial charge in [0.1, 0.15) is 5.75 Å². The molecule has 1 unspecified atom stereocenters. The summed E-state index contributed by atoms with van der Waals surface area (Å²) < 4.78 is 5.19. The van der Waals surface area contributed by atoms with Crippen LogP contribution in [0.5, 0.6) is 5.75 Å². The van der Waals surface area contributed by atoms with Crippen LogP contribution in [0.3, 0.4) is 0 Å². The standard InChI is InChI=1S/C15H25N3O/c1-13(11-16)12-17-7-9-18(10-8-17)14-3-5-15(19-2)6-4-14/h3-6,13H,7-12,16H2,1-2H3. The van der Waals surface area contributed by atoms with Gasteiger partial charge in [0.05, 0.1) is 7.11 Å². The third-order valence-corrected chi connectivity index (χ3v) is 3.78. The lowest BCUT2D eigenvalue weighted by Gasteiger charge is -2.37. The predicted molar refractivity (Wildman–Crippen MR) is 79.9 cm³/mol. The highest BCUT2D eigenvalue weighted by Crippen LogP contribution is 2.20. The highest BCUT2D eigenvalue weighted by Gasteiger charge is 2.18. The van der Waals surface area contributed by atoms with Crippen LogP contribution in [0, 0.1) is 5.92 Å². The van der Waals surface area contributed by atoms with Gasteiger partial charge >= 0.3 is 0 Å². The maximum absolute atomic E-state index is 5.69. The van der Waals surface area contributed by atoms with E-state index in [9.17, 15) is 0 Å². The van der Waals surface area contributed by atoms with Gasteiger partial charge in [0.15, 0.2) is 0 Å². The van der Waals surface area contributed by atoms with E-state index in [-0.39, 0.29) is 0 Å². The summed E-state index contributed by atoms with van der Waals surface area (Å²) in [5.41, 5.74) is 6.97. The second-order valence-electron chi connectivity index (χ2n) is 5.33. The van der Waals surface area contributed by atoms with Gasteiger partial charge in [-0.1, -0.05) is 6.92 Å². The molecule has 1 heterocycles. The molecule has 0 spiro atoms. The van der Waals surface area contributed by atoms with Crippen LogP contribution in [0.2, 0.25) is 0 Å². The monoisotopic (exact) mass is 263 g/mol. The fraction of sp³-hybridized carbons (Fsp3) is 0.600. The lowest BCUT2D eigenvalue weighted by Crippen LogP contribution is -2.48. The smallest absolute Gasteiger partial charge is 0.119 e. The van der Waals surface area contributed by atoms with Gasteiger partial charge in [-0.2, -0.15) is 0 Å². The maximum Gasteiger partial charge on any atom is 0.119 e. The molecule has 1 aromatic carbocycles. The van der Waals surface area contributed by atoms with E-state index in [0.29, 0.717) is 5.92 Å². The molecule has 1 aliphatic heterocycles. The zero-order chi connectivity index (χ0) is 13.7. The van der Waals surface area contributed by atoms with E-state index in [1.54, 1.807) is 7.11 Å².